The van der Waals surface area contributed by atoms with Crippen LogP contribution in [0.15, 0.2) is 60.9 Å². The molecule has 0 saturated heterocycles. The van der Waals surface area contributed by atoms with Crippen LogP contribution in [0.3, 0.4) is 0 Å². The minimum Gasteiger partial charge on any atom is -0.494 e. The van der Waals surface area contributed by atoms with E-state index in [1.54, 1.807) is 0 Å². The standard InChI is InChI=1S/C36H42N4O2/c1-5-7-21-41-27-11-13-29-31-15-17-37-25(3)35(31)39(33(29)23-27)19-9-10-20-40-34-24-28(42-22-8-6-2)12-14-30(34)32-16-18-38-26(4)36(32)40/h11-18,23-24H,5-10,19-22H2,1-4H3. The number of hydrogen-bond donors (Lipinski definition) is 0. The van der Waals surface area contributed by atoms with Gasteiger partial charge in [0.2, 0.25) is 0 Å². The lowest BCUT2D eigenvalue weighted by molar-refractivity contribution is 0.309. The Hall–Kier alpha value is -4.06. The zero-order valence-corrected chi connectivity index (χ0v) is 25.4. The van der Waals surface area contributed by atoms with Gasteiger partial charge in [-0.1, -0.05) is 26.7 Å². The van der Waals surface area contributed by atoms with Gasteiger partial charge in [0.15, 0.2) is 0 Å². The molecule has 0 N–H and O–H groups in total. The van der Waals surface area contributed by atoms with Crippen molar-refractivity contribution in [2.75, 3.05) is 13.2 Å². The highest BCUT2D eigenvalue weighted by Gasteiger charge is 2.16. The molecule has 0 bridgehead atoms. The van der Waals surface area contributed by atoms with Gasteiger partial charge in [0.05, 0.1) is 46.7 Å². The summed E-state index contributed by atoms with van der Waals surface area (Å²) in [6.45, 7) is 12.0. The van der Waals surface area contributed by atoms with E-state index in [0.29, 0.717) is 0 Å². The summed E-state index contributed by atoms with van der Waals surface area (Å²) in [5, 5.41) is 5.05. The number of aryl methyl sites for hydroxylation is 4. The molecular formula is C36H42N4O2. The molecule has 0 aliphatic carbocycles. The Morgan fingerprint density at radius 2 is 1.02 bits per heavy atom. The van der Waals surface area contributed by atoms with Crippen LogP contribution in [0.1, 0.15) is 63.8 Å². The summed E-state index contributed by atoms with van der Waals surface area (Å²) in [4.78, 5) is 9.31. The van der Waals surface area contributed by atoms with Crippen LogP contribution in [0.25, 0.3) is 43.6 Å². The Kier molecular flexibility index (Phi) is 8.31. The molecule has 4 heterocycles. The first-order chi connectivity index (χ1) is 20.6. The van der Waals surface area contributed by atoms with Crippen molar-refractivity contribution in [1.29, 1.82) is 0 Å². The summed E-state index contributed by atoms with van der Waals surface area (Å²) in [5.74, 6) is 1.88. The lowest BCUT2D eigenvalue weighted by Gasteiger charge is -2.12. The van der Waals surface area contributed by atoms with Gasteiger partial charge in [0.25, 0.3) is 0 Å². The average Bonchev–Trinajstić information content (AvgIpc) is 3.49. The van der Waals surface area contributed by atoms with Crippen LogP contribution in [0.5, 0.6) is 11.5 Å². The quantitative estimate of drug-likeness (QED) is 0.132. The highest BCUT2D eigenvalue weighted by molar-refractivity contribution is 6.10. The van der Waals surface area contributed by atoms with Crippen LogP contribution in [-0.2, 0) is 13.1 Å². The van der Waals surface area contributed by atoms with Crippen molar-refractivity contribution < 1.29 is 9.47 Å². The lowest BCUT2D eigenvalue weighted by Crippen LogP contribution is -2.04. The van der Waals surface area contributed by atoms with Crippen molar-refractivity contribution in [1.82, 2.24) is 19.1 Å². The molecule has 0 atom stereocenters. The summed E-state index contributed by atoms with van der Waals surface area (Å²) < 4.78 is 17.1. The maximum atomic E-state index is 6.10. The van der Waals surface area contributed by atoms with Gasteiger partial charge in [0.1, 0.15) is 11.5 Å². The molecule has 0 fully saturated rings. The normalized spacial score (nSPS) is 11.8. The van der Waals surface area contributed by atoms with E-state index in [4.69, 9.17) is 9.47 Å². The zero-order chi connectivity index (χ0) is 29.1. The maximum absolute atomic E-state index is 6.10. The first kappa shape index (κ1) is 28.1. The first-order valence-corrected chi connectivity index (χ1v) is 15.6. The van der Waals surface area contributed by atoms with E-state index >= 15 is 0 Å². The first-order valence-electron chi connectivity index (χ1n) is 15.6. The molecular weight excluding hydrogens is 520 g/mol. The number of aromatic nitrogens is 4. The molecule has 6 rings (SSSR count). The molecule has 6 heteroatoms. The topological polar surface area (TPSA) is 54.1 Å². The summed E-state index contributed by atoms with van der Waals surface area (Å²) >= 11 is 0. The molecule has 0 spiro atoms. The van der Waals surface area contributed by atoms with Gasteiger partial charge in [-0.2, -0.15) is 0 Å². The minimum atomic E-state index is 0.751. The van der Waals surface area contributed by atoms with Gasteiger partial charge in [0, 0.05) is 59.2 Å². The Morgan fingerprint density at radius 3 is 1.45 bits per heavy atom. The molecule has 0 saturated carbocycles. The van der Waals surface area contributed by atoms with Gasteiger partial charge in [-0.05, 0) is 75.9 Å². The molecule has 42 heavy (non-hydrogen) atoms. The largest absolute Gasteiger partial charge is 0.494 e. The van der Waals surface area contributed by atoms with E-state index in [2.05, 4.69) is 95.3 Å². The van der Waals surface area contributed by atoms with Crippen molar-refractivity contribution in [3.8, 4) is 11.5 Å². The summed E-state index contributed by atoms with van der Waals surface area (Å²) in [6, 6.07) is 17.4. The minimum absolute atomic E-state index is 0.751. The average molecular weight is 563 g/mol. The van der Waals surface area contributed by atoms with E-state index in [9.17, 15) is 0 Å². The van der Waals surface area contributed by atoms with Crippen LogP contribution < -0.4 is 9.47 Å². The van der Waals surface area contributed by atoms with Crippen molar-refractivity contribution in [2.24, 2.45) is 0 Å². The van der Waals surface area contributed by atoms with Crippen LogP contribution in [0, 0.1) is 13.8 Å². The monoisotopic (exact) mass is 562 g/mol. The number of hydrogen-bond acceptors (Lipinski definition) is 4. The number of fused-ring (bicyclic) bond motifs is 6. The van der Waals surface area contributed by atoms with Crippen LogP contribution in [0.2, 0.25) is 0 Å². The second-order valence-corrected chi connectivity index (χ2v) is 11.4. The molecule has 0 aliphatic rings. The van der Waals surface area contributed by atoms with E-state index in [1.165, 1.54) is 43.6 Å². The van der Waals surface area contributed by atoms with Crippen molar-refractivity contribution in [3.63, 3.8) is 0 Å². The lowest BCUT2D eigenvalue weighted by atomic mass is 10.1. The van der Waals surface area contributed by atoms with Gasteiger partial charge in [-0.25, -0.2) is 0 Å². The Bertz CT molecular complexity index is 1710. The second kappa shape index (κ2) is 12.4. The molecule has 6 nitrogen and oxygen atoms in total. The third kappa shape index (κ3) is 5.31. The summed E-state index contributed by atoms with van der Waals surface area (Å²) in [6.07, 6.45) is 10.3. The number of pyridine rings is 2. The Balaban J connectivity index is 1.29. The molecule has 218 valence electrons. The fraction of sp³-hybridized carbons (Fsp3) is 0.389. The van der Waals surface area contributed by atoms with Gasteiger partial charge >= 0.3 is 0 Å². The predicted molar refractivity (Wildman–Crippen MR) is 174 cm³/mol. The van der Waals surface area contributed by atoms with Gasteiger partial charge < -0.3 is 18.6 Å². The van der Waals surface area contributed by atoms with Crippen LogP contribution in [0.4, 0.5) is 0 Å². The van der Waals surface area contributed by atoms with Crippen LogP contribution >= 0.6 is 0 Å². The number of rotatable bonds is 13. The van der Waals surface area contributed by atoms with E-state index in [1.807, 2.05) is 12.4 Å². The smallest absolute Gasteiger partial charge is 0.121 e. The molecule has 6 aromatic rings. The third-order valence-electron chi connectivity index (χ3n) is 8.40. The molecule has 0 aliphatic heterocycles. The summed E-state index contributed by atoms with van der Waals surface area (Å²) in [5.41, 5.74) is 7.03. The number of unbranched alkanes of at least 4 members (excludes halogenated alkanes) is 3. The van der Waals surface area contributed by atoms with E-state index in [-0.39, 0.29) is 0 Å². The molecule has 2 aromatic carbocycles. The number of ether oxygens (including phenoxy) is 2. The number of nitrogens with zero attached hydrogens (tertiary/aromatic N) is 4. The molecule has 0 amide bonds. The molecule has 4 aromatic heterocycles. The summed E-state index contributed by atoms with van der Waals surface area (Å²) in [7, 11) is 0. The highest BCUT2D eigenvalue weighted by atomic mass is 16.5. The van der Waals surface area contributed by atoms with Crippen molar-refractivity contribution >= 4 is 43.6 Å². The fourth-order valence-electron chi connectivity index (χ4n) is 6.25. The highest BCUT2D eigenvalue weighted by Crippen LogP contribution is 2.35. The Morgan fingerprint density at radius 1 is 0.571 bits per heavy atom. The number of benzene rings is 2. The SMILES string of the molecule is CCCCOc1ccc2c3ccnc(C)c3n(CCCCn3c4cc(OCCCC)ccc4c4ccnc(C)c43)c2c1. The van der Waals surface area contributed by atoms with Crippen molar-refractivity contribution in [3.05, 3.63) is 72.3 Å². The van der Waals surface area contributed by atoms with Crippen LogP contribution in [-0.4, -0.2) is 32.3 Å². The maximum Gasteiger partial charge on any atom is 0.121 e. The van der Waals surface area contributed by atoms with Crippen molar-refractivity contribution in [2.45, 2.75) is 79.3 Å². The molecule has 0 unspecified atom stereocenters. The predicted octanol–water partition coefficient (Wildman–Crippen LogP) is 9.15. The fourth-order valence-corrected chi connectivity index (χ4v) is 6.25. The van der Waals surface area contributed by atoms with Gasteiger partial charge in [-0.3, -0.25) is 9.97 Å². The third-order valence-corrected chi connectivity index (χ3v) is 8.40. The zero-order valence-electron chi connectivity index (χ0n) is 25.4. The molecule has 0 radical (unpaired) electrons. The van der Waals surface area contributed by atoms with Gasteiger partial charge in [-0.15, -0.1) is 0 Å². The Labute approximate surface area is 248 Å². The second-order valence-electron chi connectivity index (χ2n) is 11.4. The van der Waals surface area contributed by atoms with E-state index in [0.717, 1.165) is 87.7 Å². The van der Waals surface area contributed by atoms with E-state index < -0.39 is 0 Å².